The van der Waals surface area contributed by atoms with Gasteiger partial charge in [0.2, 0.25) is 11.6 Å². The summed E-state index contributed by atoms with van der Waals surface area (Å²) in [4.78, 5) is 17.0. The van der Waals surface area contributed by atoms with Gasteiger partial charge in [-0.15, -0.1) is 10.2 Å². The van der Waals surface area contributed by atoms with E-state index in [1.807, 2.05) is 29.0 Å². The average Bonchev–Trinajstić information content (AvgIpc) is 3.46. The highest BCUT2D eigenvalue weighted by Gasteiger charge is 2.21. The molecule has 4 rings (SSSR count). The number of ether oxygens (including phenoxy) is 4. The third-order valence-corrected chi connectivity index (χ3v) is 5.25. The number of thioether (sulfide) groups is 1. The maximum atomic E-state index is 12.6. The van der Waals surface area contributed by atoms with Gasteiger partial charge in [-0.25, -0.2) is 9.78 Å². The Balaban J connectivity index is 1.53. The maximum absolute atomic E-state index is 12.6. The molecule has 0 radical (unpaired) electrons. The molecule has 3 aromatic heterocycles. The molecule has 0 spiro atoms. The minimum absolute atomic E-state index is 0.135. The zero-order valence-corrected chi connectivity index (χ0v) is 18.6. The van der Waals surface area contributed by atoms with Crippen LogP contribution in [0.1, 0.15) is 16.4 Å². The molecule has 166 valence electrons. The summed E-state index contributed by atoms with van der Waals surface area (Å²) in [5.41, 5.74) is 1.44. The average molecular weight is 456 g/mol. The van der Waals surface area contributed by atoms with E-state index in [0.717, 1.165) is 0 Å². The monoisotopic (exact) mass is 456 g/mol. The molecule has 3 heterocycles. The number of esters is 1. The Bertz CT molecular complexity index is 1240. The van der Waals surface area contributed by atoms with Crippen LogP contribution in [0.3, 0.4) is 0 Å². The fourth-order valence-corrected chi connectivity index (χ4v) is 3.67. The Morgan fingerprint density at radius 3 is 2.50 bits per heavy atom. The molecule has 0 N–H and O–H groups in total. The second-order valence-electron chi connectivity index (χ2n) is 6.39. The molecule has 0 unspecified atom stereocenters. The number of benzene rings is 1. The fraction of sp³-hybridized carbons (Fsp3) is 0.238. The summed E-state index contributed by atoms with van der Waals surface area (Å²) in [5.74, 6) is 1.11. The van der Waals surface area contributed by atoms with Crippen LogP contribution in [-0.2, 0) is 11.3 Å². The van der Waals surface area contributed by atoms with Crippen molar-refractivity contribution in [1.29, 1.82) is 0 Å². The Morgan fingerprint density at radius 2 is 1.84 bits per heavy atom. The standard InChI is InChI=1S/C21H20N4O6S/c1-27-14-9-12(10-15(28-2)18(14)29-3)19-24-23-16(31-19)11-30-20(26)17-13-7-5-6-8-25(13)21(22-17)32-4/h5-10H,11H2,1-4H3. The number of hydrogen-bond acceptors (Lipinski definition) is 10. The van der Waals surface area contributed by atoms with E-state index in [2.05, 4.69) is 15.2 Å². The lowest BCUT2D eigenvalue weighted by Gasteiger charge is -2.12. The van der Waals surface area contributed by atoms with Crippen molar-refractivity contribution in [1.82, 2.24) is 19.6 Å². The maximum Gasteiger partial charge on any atom is 0.359 e. The number of aromatic nitrogens is 4. The summed E-state index contributed by atoms with van der Waals surface area (Å²) in [7, 11) is 4.55. The highest BCUT2D eigenvalue weighted by Crippen LogP contribution is 2.40. The van der Waals surface area contributed by atoms with Gasteiger partial charge in [-0.3, -0.25) is 4.40 Å². The number of imidazole rings is 1. The predicted octanol–water partition coefficient (Wildman–Crippen LogP) is 3.49. The Hall–Kier alpha value is -3.73. The minimum Gasteiger partial charge on any atom is -0.493 e. The van der Waals surface area contributed by atoms with Gasteiger partial charge in [0.1, 0.15) is 0 Å². The van der Waals surface area contributed by atoms with Crippen molar-refractivity contribution < 1.29 is 28.2 Å². The van der Waals surface area contributed by atoms with Gasteiger partial charge in [-0.1, -0.05) is 17.8 Å². The number of pyridine rings is 1. The van der Waals surface area contributed by atoms with Gasteiger partial charge in [-0.05, 0) is 30.5 Å². The van der Waals surface area contributed by atoms with Crippen molar-refractivity contribution >= 4 is 23.2 Å². The number of hydrogen-bond donors (Lipinski definition) is 0. The van der Waals surface area contributed by atoms with Crippen LogP contribution in [0.2, 0.25) is 0 Å². The Kier molecular flexibility index (Phi) is 6.17. The van der Waals surface area contributed by atoms with Crippen molar-refractivity contribution in [3.63, 3.8) is 0 Å². The molecular formula is C21H20N4O6S. The number of carbonyl (C=O) groups excluding carboxylic acids is 1. The van der Waals surface area contributed by atoms with Gasteiger partial charge in [0, 0.05) is 11.8 Å². The minimum atomic E-state index is -0.582. The second-order valence-corrected chi connectivity index (χ2v) is 7.17. The molecule has 11 heteroatoms. The lowest BCUT2D eigenvalue weighted by Crippen LogP contribution is -2.06. The largest absolute Gasteiger partial charge is 0.493 e. The first kappa shape index (κ1) is 21.5. The Morgan fingerprint density at radius 1 is 1.09 bits per heavy atom. The summed E-state index contributed by atoms with van der Waals surface area (Å²) in [6.07, 6.45) is 3.73. The molecule has 4 aromatic rings. The molecule has 0 aliphatic carbocycles. The van der Waals surface area contributed by atoms with Crippen LogP contribution in [0.15, 0.2) is 46.1 Å². The number of fused-ring (bicyclic) bond motifs is 1. The number of rotatable bonds is 8. The summed E-state index contributed by atoms with van der Waals surface area (Å²) in [6.45, 7) is -0.198. The molecule has 10 nitrogen and oxygen atoms in total. The summed E-state index contributed by atoms with van der Waals surface area (Å²) in [5, 5.41) is 8.68. The van der Waals surface area contributed by atoms with Crippen molar-refractivity contribution in [3.8, 4) is 28.7 Å². The normalized spacial score (nSPS) is 10.9. The van der Waals surface area contributed by atoms with Crippen LogP contribution in [0.5, 0.6) is 17.2 Å². The molecule has 0 atom stereocenters. The zero-order chi connectivity index (χ0) is 22.7. The van der Waals surface area contributed by atoms with Crippen molar-refractivity contribution in [2.45, 2.75) is 11.8 Å². The molecule has 0 saturated heterocycles. The van der Waals surface area contributed by atoms with Gasteiger partial charge >= 0.3 is 5.97 Å². The topological polar surface area (TPSA) is 110 Å². The van der Waals surface area contributed by atoms with Crippen LogP contribution >= 0.6 is 11.8 Å². The van der Waals surface area contributed by atoms with E-state index < -0.39 is 5.97 Å². The lowest BCUT2D eigenvalue weighted by molar-refractivity contribution is 0.0434. The molecule has 32 heavy (non-hydrogen) atoms. The van der Waals surface area contributed by atoms with E-state index in [1.165, 1.54) is 33.1 Å². The molecule has 0 bridgehead atoms. The number of nitrogens with zero attached hydrogens (tertiary/aromatic N) is 4. The SMILES string of the molecule is COc1cc(-c2nnc(COC(=O)c3nc(SC)n4ccccc34)o2)cc(OC)c1OC. The molecule has 0 fully saturated rings. The first-order valence-corrected chi connectivity index (χ1v) is 10.6. The van der Waals surface area contributed by atoms with Crippen LogP contribution in [0, 0.1) is 0 Å². The van der Waals surface area contributed by atoms with Crippen molar-refractivity contribution in [2.75, 3.05) is 27.6 Å². The highest BCUT2D eigenvalue weighted by atomic mass is 32.2. The van der Waals surface area contributed by atoms with Gasteiger partial charge in [-0.2, -0.15) is 0 Å². The van der Waals surface area contributed by atoms with E-state index >= 15 is 0 Å². The van der Waals surface area contributed by atoms with Crippen molar-refractivity contribution in [2.24, 2.45) is 0 Å². The molecule has 0 saturated carbocycles. The van der Waals surface area contributed by atoms with E-state index in [1.54, 1.807) is 18.2 Å². The van der Waals surface area contributed by atoms with E-state index in [9.17, 15) is 4.79 Å². The molecule has 1 aromatic carbocycles. The van der Waals surface area contributed by atoms with Gasteiger partial charge < -0.3 is 23.4 Å². The first-order chi connectivity index (χ1) is 15.6. The Labute approximate surface area is 187 Å². The van der Waals surface area contributed by atoms with Crippen LogP contribution < -0.4 is 14.2 Å². The van der Waals surface area contributed by atoms with Crippen LogP contribution in [-0.4, -0.2) is 53.1 Å². The number of methoxy groups -OCH3 is 3. The van der Waals surface area contributed by atoms with Gasteiger partial charge in [0.25, 0.3) is 5.89 Å². The van der Waals surface area contributed by atoms with E-state index in [0.29, 0.717) is 33.5 Å². The van der Waals surface area contributed by atoms with Crippen LogP contribution in [0.4, 0.5) is 0 Å². The van der Waals surface area contributed by atoms with E-state index in [4.69, 9.17) is 23.4 Å². The molecule has 0 amide bonds. The number of carbonyl (C=O) groups is 1. The highest BCUT2D eigenvalue weighted by molar-refractivity contribution is 7.98. The van der Waals surface area contributed by atoms with Gasteiger partial charge in [0.05, 0.1) is 26.8 Å². The molecule has 0 aliphatic heterocycles. The van der Waals surface area contributed by atoms with Gasteiger partial charge in [0.15, 0.2) is 29.0 Å². The first-order valence-electron chi connectivity index (χ1n) is 9.40. The smallest absolute Gasteiger partial charge is 0.359 e. The molecular weight excluding hydrogens is 436 g/mol. The lowest BCUT2D eigenvalue weighted by atomic mass is 10.2. The third-order valence-electron chi connectivity index (χ3n) is 4.60. The van der Waals surface area contributed by atoms with Crippen molar-refractivity contribution in [3.05, 3.63) is 48.1 Å². The summed E-state index contributed by atoms with van der Waals surface area (Å²) in [6, 6.07) is 8.88. The summed E-state index contributed by atoms with van der Waals surface area (Å²) < 4.78 is 28.9. The quantitative estimate of drug-likeness (QED) is 0.289. The van der Waals surface area contributed by atoms with Crippen LogP contribution in [0.25, 0.3) is 17.0 Å². The summed E-state index contributed by atoms with van der Waals surface area (Å²) >= 11 is 1.43. The van der Waals surface area contributed by atoms with E-state index in [-0.39, 0.29) is 24.1 Å². The fourth-order valence-electron chi connectivity index (χ4n) is 3.13. The molecule has 0 aliphatic rings. The predicted molar refractivity (Wildman–Crippen MR) is 115 cm³/mol. The second kappa shape index (κ2) is 9.18. The third kappa shape index (κ3) is 3.94. The zero-order valence-electron chi connectivity index (χ0n) is 17.8.